The molecule has 0 aromatic heterocycles. The maximum absolute atomic E-state index is 9.81. The van der Waals surface area contributed by atoms with E-state index in [-0.39, 0.29) is 5.41 Å². The summed E-state index contributed by atoms with van der Waals surface area (Å²) in [4.78, 5) is 0. The summed E-state index contributed by atoms with van der Waals surface area (Å²) < 4.78 is 5.29. The SMILES string of the molecule is COc1ccc(Cl)cc1CC(C)(CN)C(C)O. The van der Waals surface area contributed by atoms with Crippen LogP contribution in [0.3, 0.4) is 0 Å². The van der Waals surface area contributed by atoms with Crippen LogP contribution in [0.25, 0.3) is 0 Å². The highest BCUT2D eigenvalue weighted by molar-refractivity contribution is 6.30. The van der Waals surface area contributed by atoms with Crippen molar-refractivity contribution in [1.82, 2.24) is 0 Å². The fourth-order valence-corrected chi connectivity index (χ4v) is 1.91. The molecule has 1 aromatic carbocycles. The van der Waals surface area contributed by atoms with Gasteiger partial charge in [-0.2, -0.15) is 0 Å². The third-order valence-corrected chi connectivity index (χ3v) is 3.55. The number of rotatable bonds is 5. The van der Waals surface area contributed by atoms with Gasteiger partial charge in [-0.25, -0.2) is 0 Å². The summed E-state index contributed by atoms with van der Waals surface area (Å²) in [5.74, 6) is 0.773. The van der Waals surface area contributed by atoms with Crippen molar-refractivity contribution in [2.45, 2.75) is 26.4 Å². The molecule has 0 aliphatic carbocycles. The Labute approximate surface area is 108 Å². The van der Waals surface area contributed by atoms with Gasteiger partial charge < -0.3 is 15.6 Å². The zero-order chi connectivity index (χ0) is 13.1. The molecule has 1 rings (SSSR count). The first-order valence-electron chi connectivity index (χ1n) is 5.63. The van der Waals surface area contributed by atoms with Crippen molar-refractivity contribution in [2.75, 3.05) is 13.7 Å². The predicted molar refractivity (Wildman–Crippen MR) is 70.6 cm³/mol. The quantitative estimate of drug-likeness (QED) is 0.851. The Kier molecular flexibility index (Phi) is 4.80. The summed E-state index contributed by atoms with van der Waals surface area (Å²) in [6.07, 6.45) is 0.140. The second-order valence-corrected chi connectivity index (χ2v) is 5.10. The number of aliphatic hydroxyl groups excluding tert-OH is 1. The largest absolute Gasteiger partial charge is 0.496 e. The molecule has 0 aliphatic rings. The summed E-state index contributed by atoms with van der Waals surface area (Å²) in [6, 6.07) is 5.47. The van der Waals surface area contributed by atoms with Crippen molar-refractivity contribution in [2.24, 2.45) is 11.1 Å². The molecule has 0 amide bonds. The average Bonchev–Trinajstić information content (AvgIpc) is 2.29. The molecule has 0 saturated carbocycles. The first-order valence-corrected chi connectivity index (χ1v) is 6.01. The van der Waals surface area contributed by atoms with Crippen LogP contribution >= 0.6 is 11.6 Å². The van der Waals surface area contributed by atoms with Crippen LogP contribution in [-0.2, 0) is 6.42 Å². The van der Waals surface area contributed by atoms with Crippen LogP contribution in [0.1, 0.15) is 19.4 Å². The van der Waals surface area contributed by atoms with Gasteiger partial charge in [0.1, 0.15) is 5.75 Å². The summed E-state index contributed by atoms with van der Waals surface area (Å²) in [6.45, 7) is 4.11. The van der Waals surface area contributed by atoms with Gasteiger partial charge in [-0.1, -0.05) is 18.5 Å². The Morgan fingerprint density at radius 1 is 1.53 bits per heavy atom. The molecule has 0 spiro atoms. The molecule has 0 bridgehead atoms. The van der Waals surface area contributed by atoms with E-state index in [0.717, 1.165) is 11.3 Å². The van der Waals surface area contributed by atoms with Crippen LogP contribution in [0.4, 0.5) is 0 Å². The molecule has 0 radical (unpaired) electrons. The Bertz CT molecular complexity index is 382. The van der Waals surface area contributed by atoms with Crippen molar-refractivity contribution < 1.29 is 9.84 Å². The molecule has 0 heterocycles. The van der Waals surface area contributed by atoms with Crippen LogP contribution in [0.5, 0.6) is 5.75 Å². The van der Waals surface area contributed by atoms with Crippen LogP contribution in [0.15, 0.2) is 18.2 Å². The lowest BCUT2D eigenvalue weighted by molar-refractivity contribution is 0.0585. The molecule has 2 unspecified atom stereocenters. The predicted octanol–water partition coefficient (Wildman–Crippen LogP) is 2.24. The topological polar surface area (TPSA) is 55.5 Å². The first-order chi connectivity index (χ1) is 7.92. The van der Waals surface area contributed by atoms with Gasteiger partial charge >= 0.3 is 0 Å². The molecule has 0 fully saturated rings. The molecule has 0 saturated heterocycles. The van der Waals surface area contributed by atoms with E-state index >= 15 is 0 Å². The van der Waals surface area contributed by atoms with Crippen LogP contribution in [0.2, 0.25) is 5.02 Å². The zero-order valence-electron chi connectivity index (χ0n) is 10.5. The van der Waals surface area contributed by atoms with Crippen LogP contribution in [0, 0.1) is 5.41 Å². The number of hydrogen-bond acceptors (Lipinski definition) is 3. The Morgan fingerprint density at radius 2 is 2.18 bits per heavy atom. The fourth-order valence-electron chi connectivity index (χ4n) is 1.71. The molecule has 2 atom stereocenters. The standard InChI is InChI=1S/C13H20ClNO2/c1-9(16)13(2,8-15)7-10-6-11(14)4-5-12(10)17-3/h4-6,9,16H,7-8,15H2,1-3H3. The first kappa shape index (κ1) is 14.3. The normalized spacial score (nSPS) is 16.4. The number of aliphatic hydroxyl groups is 1. The van der Waals surface area contributed by atoms with Crippen molar-refractivity contribution >= 4 is 11.6 Å². The second kappa shape index (κ2) is 5.71. The van der Waals surface area contributed by atoms with E-state index in [1.807, 2.05) is 19.1 Å². The molecule has 0 aliphatic heterocycles. The molecule has 3 nitrogen and oxygen atoms in total. The van der Waals surface area contributed by atoms with Crippen molar-refractivity contribution in [3.8, 4) is 5.75 Å². The monoisotopic (exact) mass is 257 g/mol. The van der Waals surface area contributed by atoms with Crippen molar-refractivity contribution in [1.29, 1.82) is 0 Å². The van der Waals surface area contributed by atoms with Gasteiger partial charge in [0.25, 0.3) is 0 Å². The molecule has 96 valence electrons. The highest BCUT2D eigenvalue weighted by Crippen LogP contribution is 2.31. The molecular weight excluding hydrogens is 238 g/mol. The van der Waals surface area contributed by atoms with E-state index < -0.39 is 6.10 Å². The van der Waals surface area contributed by atoms with Crippen molar-refractivity contribution in [3.05, 3.63) is 28.8 Å². The summed E-state index contributed by atoms with van der Waals surface area (Å²) >= 11 is 5.98. The van der Waals surface area contributed by atoms with Gasteiger partial charge in [0, 0.05) is 17.0 Å². The summed E-state index contributed by atoms with van der Waals surface area (Å²) in [7, 11) is 1.62. The third kappa shape index (κ3) is 3.35. The molecular formula is C13H20ClNO2. The minimum atomic E-state index is -0.490. The smallest absolute Gasteiger partial charge is 0.122 e. The Hall–Kier alpha value is -0.770. The molecule has 17 heavy (non-hydrogen) atoms. The Morgan fingerprint density at radius 3 is 2.65 bits per heavy atom. The average molecular weight is 258 g/mol. The van der Waals surface area contributed by atoms with Gasteiger partial charge in [0.2, 0.25) is 0 Å². The van der Waals surface area contributed by atoms with Crippen LogP contribution in [-0.4, -0.2) is 24.9 Å². The molecule has 1 aromatic rings. The number of ether oxygens (including phenoxy) is 1. The second-order valence-electron chi connectivity index (χ2n) is 4.67. The van der Waals surface area contributed by atoms with Gasteiger partial charge in [0.15, 0.2) is 0 Å². The number of halogens is 1. The van der Waals surface area contributed by atoms with Crippen LogP contribution < -0.4 is 10.5 Å². The van der Waals surface area contributed by atoms with E-state index in [4.69, 9.17) is 22.1 Å². The maximum Gasteiger partial charge on any atom is 0.122 e. The third-order valence-electron chi connectivity index (χ3n) is 3.31. The number of methoxy groups -OCH3 is 1. The number of hydrogen-bond donors (Lipinski definition) is 2. The van der Waals surface area contributed by atoms with Crippen molar-refractivity contribution in [3.63, 3.8) is 0 Å². The van der Waals surface area contributed by atoms with Gasteiger partial charge in [0.05, 0.1) is 13.2 Å². The number of benzene rings is 1. The highest BCUT2D eigenvalue weighted by atomic mass is 35.5. The molecule has 4 heteroatoms. The summed E-state index contributed by atoms with van der Waals surface area (Å²) in [5.41, 5.74) is 6.34. The zero-order valence-corrected chi connectivity index (χ0v) is 11.3. The van der Waals surface area contributed by atoms with E-state index in [0.29, 0.717) is 18.0 Å². The van der Waals surface area contributed by atoms with E-state index in [1.54, 1.807) is 20.1 Å². The van der Waals surface area contributed by atoms with E-state index in [9.17, 15) is 5.11 Å². The fraction of sp³-hybridized carbons (Fsp3) is 0.538. The highest BCUT2D eigenvalue weighted by Gasteiger charge is 2.29. The number of nitrogens with two attached hydrogens (primary N) is 1. The minimum Gasteiger partial charge on any atom is -0.496 e. The summed E-state index contributed by atoms with van der Waals surface area (Å²) in [5, 5.41) is 10.5. The maximum atomic E-state index is 9.81. The lowest BCUT2D eigenvalue weighted by Gasteiger charge is -2.31. The Balaban J connectivity index is 3.04. The van der Waals surface area contributed by atoms with E-state index in [2.05, 4.69) is 0 Å². The van der Waals surface area contributed by atoms with Gasteiger partial charge in [-0.3, -0.25) is 0 Å². The lowest BCUT2D eigenvalue weighted by Crippen LogP contribution is -2.39. The van der Waals surface area contributed by atoms with Gasteiger partial charge in [-0.05, 0) is 37.1 Å². The minimum absolute atomic E-state index is 0.377. The molecule has 3 N–H and O–H groups in total. The lowest BCUT2D eigenvalue weighted by atomic mass is 9.79. The van der Waals surface area contributed by atoms with E-state index in [1.165, 1.54) is 0 Å². The van der Waals surface area contributed by atoms with Gasteiger partial charge in [-0.15, -0.1) is 0 Å².